The second-order valence-corrected chi connectivity index (χ2v) is 10.3. The molecule has 0 saturated heterocycles. The van der Waals surface area contributed by atoms with E-state index in [1.54, 1.807) is 66.7 Å². The number of carbonyl (C=O) groups excluding carboxylic acids is 2. The number of ether oxygens (including phenoxy) is 2. The second-order valence-electron chi connectivity index (χ2n) is 9.03. The number of rotatable bonds is 7. The van der Waals surface area contributed by atoms with Crippen molar-refractivity contribution in [1.82, 2.24) is 10.4 Å². The molecule has 1 aromatic heterocycles. The number of methoxy groups -OCH3 is 1. The fraction of sp³-hybridized carbons (Fsp3) is 0.0645. The van der Waals surface area contributed by atoms with Gasteiger partial charge in [0.2, 0.25) is 0 Å². The standard InChI is InChI=1S/C31H22Cl3N3O4/c1-17-6-5-7-19(12-17)31(39)41-25-11-10-18(13-26(25)40-2)16-35-37-30(38)29-27(21-8-3-4-9-23(21)33)22-14-20(32)15-24(34)28(22)36-29/h3-16,36H,1-2H3,(H,37,38). The molecule has 0 radical (unpaired) electrons. The fourth-order valence-electron chi connectivity index (χ4n) is 4.33. The minimum Gasteiger partial charge on any atom is -0.493 e. The molecule has 1 heterocycles. The van der Waals surface area contributed by atoms with E-state index in [1.807, 2.05) is 19.1 Å². The molecule has 1 amide bonds. The molecule has 0 aliphatic carbocycles. The highest BCUT2D eigenvalue weighted by atomic mass is 35.5. The number of hydrazone groups is 1. The van der Waals surface area contributed by atoms with E-state index >= 15 is 0 Å². The summed E-state index contributed by atoms with van der Waals surface area (Å²) in [4.78, 5) is 29.0. The molecule has 4 aromatic carbocycles. The lowest BCUT2D eigenvalue weighted by Crippen LogP contribution is -2.19. The molecule has 206 valence electrons. The minimum atomic E-state index is -0.518. The first kappa shape index (κ1) is 28.2. The summed E-state index contributed by atoms with van der Waals surface area (Å²) in [5.41, 5.74) is 6.43. The lowest BCUT2D eigenvalue weighted by atomic mass is 10.0. The predicted molar refractivity (Wildman–Crippen MR) is 163 cm³/mol. The topological polar surface area (TPSA) is 92.8 Å². The van der Waals surface area contributed by atoms with Crippen LogP contribution in [0, 0.1) is 6.92 Å². The molecule has 10 heteroatoms. The molecule has 0 saturated carbocycles. The van der Waals surface area contributed by atoms with Crippen molar-refractivity contribution in [1.29, 1.82) is 0 Å². The predicted octanol–water partition coefficient (Wildman–Crippen LogP) is 8.10. The summed E-state index contributed by atoms with van der Waals surface area (Å²) in [5, 5.41) is 5.99. The van der Waals surface area contributed by atoms with Crippen LogP contribution in [0.4, 0.5) is 0 Å². The van der Waals surface area contributed by atoms with Gasteiger partial charge in [0.25, 0.3) is 5.91 Å². The molecule has 5 rings (SSSR count). The summed E-state index contributed by atoms with van der Waals surface area (Å²) in [5.74, 6) is -0.451. The molecule has 0 unspecified atom stereocenters. The molecule has 0 aliphatic rings. The Kier molecular flexibility index (Phi) is 8.31. The van der Waals surface area contributed by atoms with Crippen LogP contribution < -0.4 is 14.9 Å². The van der Waals surface area contributed by atoms with E-state index < -0.39 is 11.9 Å². The number of aromatic nitrogens is 1. The summed E-state index contributed by atoms with van der Waals surface area (Å²) in [6.07, 6.45) is 1.44. The van der Waals surface area contributed by atoms with Gasteiger partial charge in [-0.2, -0.15) is 5.10 Å². The average Bonchev–Trinajstić information content (AvgIpc) is 3.33. The highest BCUT2D eigenvalue weighted by Crippen LogP contribution is 2.40. The van der Waals surface area contributed by atoms with Crippen LogP contribution in [0.25, 0.3) is 22.0 Å². The molecule has 41 heavy (non-hydrogen) atoms. The first-order valence-electron chi connectivity index (χ1n) is 12.3. The van der Waals surface area contributed by atoms with Crippen molar-refractivity contribution in [3.05, 3.63) is 116 Å². The number of aromatic amines is 1. The normalized spacial score (nSPS) is 11.1. The van der Waals surface area contributed by atoms with Crippen molar-refractivity contribution in [3.8, 4) is 22.6 Å². The number of nitrogens with one attached hydrogen (secondary N) is 2. The molecule has 5 aromatic rings. The Bertz CT molecular complexity index is 1830. The highest BCUT2D eigenvalue weighted by Gasteiger charge is 2.22. The number of esters is 1. The molecule has 2 N–H and O–H groups in total. The van der Waals surface area contributed by atoms with Crippen molar-refractivity contribution in [2.75, 3.05) is 7.11 Å². The van der Waals surface area contributed by atoms with Crippen LogP contribution in [-0.2, 0) is 0 Å². The third-order valence-electron chi connectivity index (χ3n) is 6.22. The zero-order chi connectivity index (χ0) is 29.1. The SMILES string of the molecule is COc1cc(C=NNC(=O)c2[nH]c3c(Cl)cc(Cl)cc3c2-c2ccccc2Cl)ccc1OC(=O)c1cccc(C)c1. The maximum Gasteiger partial charge on any atom is 0.343 e. The first-order chi connectivity index (χ1) is 19.7. The molecular weight excluding hydrogens is 585 g/mol. The first-order valence-corrected chi connectivity index (χ1v) is 13.4. The summed E-state index contributed by atoms with van der Waals surface area (Å²) >= 11 is 19.2. The Labute approximate surface area is 250 Å². The zero-order valence-corrected chi connectivity index (χ0v) is 24.1. The number of aryl methyl sites for hydroxylation is 1. The number of nitrogens with zero attached hydrogens (tertiary/aromatic N) is 1. The number of H-pyrrole nitrogens is 1. The van der Waals surface area contributed by atoms with Gasteiger partial charge in [0.15, 0.2) is 11.5 Å². The smallest absolute Gasteiger partial charge is 0.343 e. The third kappa shape index (κ3) is 6.07. The molecule has 0 atom stereocenters. The number of amides is 1. The van der Waals surface area contributed by atoms with E-state index in [-0.39, 0.29) is 11.4 Å². The van der Waals surface area contributed by atoms with Crippen LogP contribution in [0.1, 0.15) is 32.0 Å². The van der Waals surface area contributed by atoms with Crippen LogP contribution >= 0.6 is 34.8 Å². The number of carbonyl (C=O) groups is 2. The summed E-state index contributed by atoms with van der Waals surface area (Å²) < 4.78 is 10.9. The maximum atomic E-state index is 13.3. The number of benzene rings is 4. The monoisotopic (exact) mass is 605 g/mol. The molecule has 0 bridgehead atoms. The largest absolute Gasteiger partial charge is 0.493 e. The van der Waals surface area contributed by atoms with Crippen molar-refractivity contribution >= 4 is 63.8 Å². The summed E-state index contributed by atoms with van der Waals surface area (Å²) in [6.45, 7) is 1.89. The van der Waals surface area contributed by atoms with Crippen LogP contribution in [0.3, 0.4) is 0 Å². The Hall–Kier alpha value is -4.30. The van der Waals surface area contributed by atoms with Crippen LogP contribution in [0.15, 0.2) is 84.0 Å². The van der Waals surface area contributed by atoms with Gasteiger partial charge in [-0.05, 0) is 61.0 Å². The molecule has 0 spiro atoms. The van der Waals surface area contributed by atoms with E-state index in [4.69, 9.17) is 44.3 Å². The van der Waals surface area contributed by atoms with Gasteiger partial charge in [0, 0.05) is 26.6 Å². The maximum absolute atomic E-state index is 13.3. The van der Waals surface area contributed by atoms with Gasteiger partial charge < -0.3 is 14.5 Å². The van der Waals surface area contributed by atoms with E-state index in [9.17, 15) is 9.59 Å². The van der Waals surface area contributed by atoms with E-state index in [1.165, 1.54) is 13.3 Å². The summed E-state index contributed by atoms with van der Waals surface area (Å²) in [6, 6.07) is 22.5. The van der Waals surface area contributed by atoms with Gasteiger partial charge in [-0.3, -0.25) is 4.79 Å². The highest BCUT2D eigenvalue weighted by molar-refractivity contribution is 6.39. The Morgan fingerprint density at radius 3 is 2.46 bits per heavy atom. The quantitative estimate of drug-likeness (QED) is 0.0847. The van der Waals surface area contributed by atoms with E-state index in [2.05, 4.69) is 15.5 Å². The molecule has 0 fully saturated rings. The van der Waals surface area contributed by atoms with Crippen molar-refractivity contribution in [3.63, 3.8) is 0 Å². The van der Waals surface area contributed by atoms with Crippen LogP contribution in [0.5, 0.6) is 11.5 Å². The number of halogens is 3. The summed E-state index contributed by atoms with van der Waals surface area (Å²) in [7, 11) is 1.46. The lowest BCUT2D eigenvalue weighted by molar-refractivity contribution is 0.0729. The van der Waals surface area contributed by atoms with Gasteiger partial charge in [-0.15, -0.1) is 0 Å². The van der Waals surface area contributed by atoms with Crippen molar-refractivity contribution in [2.45, 2.75) is 6.92 Å². The van der Waals surface area contributed by atoms with Gasteiger partial charge in [0.05, 0.1) is 29.4 Å². The van der Waals surface area contributed by atoms with Crippen LogP contribution in [0.2, 0.25) is 15.1 Å². The molecule has 7 nitrogen and oxygen atoms in total. The fourth-order valence-corrected chi connectivity index (χ4v) is 5.11. The van der Waals surface area contributed by atoms with Crippen molar-refractivity contribution in [2.24, 2.45) is 5.10 Å². The minimum absolute atomic E-state index is 0.213. The Morgan fingerprint density at radius 2 is 1.71 bits per heavy atom. The molecule has 0 aliphatic heterocycles. The van der Waals surface area contributed by atoms with Crippen molar-refractivity contribution < 1.29 is 19.1 Å². The van der Waals surface area contributed by atoms with Crippen LogP contribution in [-0.4, -0.2) is 30.2 Å². The number of hydrogen-bond acceptors (Lipinski definition) is 5. The number of hydrogen-bond donors (Lipinski definition) is 2. The average molecular weight is 607 g/mol. The van der Waals surface area contributed by atoms with E-state index in [0.717, 1.165) is 5.56 Å². The Morgan fingerprint density at radius 1 is 0.902 bits per heavy atom. The third-order valence-corrected chi connectivity index (χ3v) is 7.06. The Balaban J connectivity index is 1.39. The lowest BCUT2D eigenvalue weighted by Gasteiger charge is -2.10. The van der Waals surface area contributed by atoms with Gasteiger partial charge in [-0.1, -0.05) is 70.7 Å². The second kappa shape index (κ2) is 12.1. The van der Waals surface area contributed by atoms with Gasteiger partial charge >= 0.3 is 5.97 Å². The van der Waals surface area contributed by atoms with Gasteiger partial charge in [0.1, 0.15) is 5.69 Å². The zero-order valence-electron chi connectivity index (χ0n) is 21.8. The number of fused-ring (bicyclic) bond motifs is 1. The van der Waals surface area contributed by atoms with E-state index in [0.29, 0.717) is 54.0 Å². The van der Waals surface area contributed by atoms with Gasteiger partial charge in [-0.25, -0.2) is 10.2 Å². The molecular formula is C31H22Cl3N3O4.